The molecule has 0 fully saturated rings. The van der Waals surface area contributed by atoms with Gasteiger partial charge in [-0.25, -0.2) is 4.79 Å². The second kappa shape index (κ2) is 14.5. The Balaban J connectivity index is 2.42. The second-order valence-corrected chi connectivity index (χ2v) is 8.35. The van der Waals surface area contributed by atoms with Crippen LogP contribution >= 0.6 is 0 Å². The van der Waals surface area contributed by atoms with Gasteiger partial charge in [0.05, 0.1) is 13.2 Å². The highest BCUT2D eigenvalue weighted by Gasteiger charge is 2.20. The molecule has 0 aliphatic carbocycles. The fourth-order valence-electron chi connectivity index (χ4n) is 3.36. The van der Waals surface area contributed by atoms with Crippen molar-refractivity contribution in [3.05, 3.63) is 68.5 Å². The van der Waals surface area contributed by atoms with Crippen molar-refractivity contribution in [3.8, 4) is 11.8 Å². The van der Waals surface area contributed by atoms with Gasteiger partial charge in [0.1, 0.15) is 5.56 Å². The minimum Gasteiger partial charge on any atom is -0.465 e. The molecule has 0 bridgehead atoms. The predicted molar refractivity (Wildman–Crippen MR) is 134 cm³/mol. The molecule has 9 nitrogen and oxygen atoms in total. The van der Waals surface area contributed by atoms with E-state index in [0.29, 0.717) is 11.0 Å². The number of aromatic nitrogens is 2. The highest BCUT2D eigenvalue weighted by molar-refractivity contribution is 5.95. The fourth-order valence-corrected chi connectivity index (χ4v) is 3.36. The minimum absolute atomic E-state index is 0.00988. The summed E-state index contributed by atoms with van der Waals surface area (Å²) in [6.07, 6.45) is 5.15. The quantitative estimate of drug-likeness (QED) is 0.267. The molecule has 0 saturated carbocycles. The maximum atomic E-state index is 13.2. The Morgan fingerprint density at radius 3 is 2.19 bits per heavy atom. The molecule has 1 aromatic carbocycles. The van der Waals surface area contributed by atoms with Gasteiger partial charge in [0.2, 0.25) is 0 Å². The number of esters is 2. The maximum absolute atomic E-state index is 13.2. The van der Waals surface area contributed by atoms with E-state index in [1.165, 1.54) is 36.7 Å². The molecule has 192 valence electrons. The Kier molecular flexibility index (Phi) is 11.4. The molecule has 0 saturated heterocycles. The lowest BCUT2D eigenvalue weighted by atomic mass is 10.1. The predicted octanol–water partition coefficient (Wildman–Crippen LogP) is 2.76. The monoisotopic (exact) mass is 496 g/mol. The van der Waals surface area contributed by atoms with Gasteiger partial charge in [-0.1, -0.05) is 49.8 Å². The van der Waals surface area contributed by atoms with E-state index >= 15 is 0 Å². The van der Waals surface area contributed by atoms with Crippen LogP contribution in [0.3, 0.4) is 0 Å². The molecule has 0 atom stereocenters. The van der Waals surface area contributed by atoms with Crippen molar-refractivity contribution in [2.45, 2.75) is 59.4 Å². The zero-order valence-corrected chi connectivity index (χ0v) is 21.0. The Morgan fingerprint density at radius 2 is 1.61 bits per heavy atom. The van der Waals surface area contributed by atoms with Crippen LogP contribution in [-0.2, 0) is 25.6 Å². The molecule has 0 aliphatic heterocycles. The smallest absolute Gasteiger partial charge is 0.338 e. The van der Waals surface area contributed by atoms with E-state index in [2.05, 4.69) is 18.8 Å². The van der Waals surface area contributed by atoms with Gasteiger partial charge in [-0.3, -0.25) is 23.7 Å². The Labute approximate surface area is 210 Å². The molecular formula is C27H32N2O7. The lowest BCUT2D eigenvalue weighted by Gasteiger charge is -2.17. The van der Waals surface area contributed by atoms with Crippen LogP contribution in [0.2, 0.25) is 0 Å². The van der Waals surface area contributed by atoms with Crippen molar-refractivity contribution < 1.29 is 23.9 Å². The number of aryl methyl sites for hydroxylation is 1. The summed E-state index contributed by atoms with van der Waals surface area (Å²) in [5, 5.41) is 0. The van der Waals surface area contributed by atoms with Crippen molar-refractivity contribution in [3.63, 3.8) is 0 Å². The van der Waals surface area contributed by atoms with Crippen LogP contribution in [0.1, 0.15) is 68.8 Å². The average Bonchev–Trinajstić information content (AvgIpc) is 2.85. The number of ether oxygens (including phenoxy) is 2. The molecule has 2 rings (SSSR count). The molecule has 0 amide bonds. The molecule has 1 heterocycles. The van der Waals surface area contributed by atoms with E-state index in [9.17, 15) is 24.0 Å². The number of rotatable bonds is 11. The summed E-state index contributed by atoms with van der Waals surface area (Å²) in [7, 11) is 0. The van der Waals surface area contributed by atoms with E-state index < -0.39 is 35.0 Å². The van der Waals surface area contributed by atoms with Gasteiger partial charge in [0, 0.05) is 44.5 Å². The molecular weight excluding hydrogens is 464 g/mol. The van der Waals surface area contributed by atoms with Crippen LogP contribution in [0.15, 0.2) is 46.1 Å². The highest BCUT2D eigenvalue weighted by Crippen LogP contribution is 2.08. The third kappa shape index (κ3) is 8.69. The number of nitrogens with zero attached hydrogens (tertiary/aromatic N) is 2. The van der Waals surface area contributed by atoms with Gasteiger partial charge in [-0.05, 0) is 25.0 Å². The SMILES string of the molecule is CCCCCC#Cc1cn(CCC(COC(C)=O)COC(C)=O)c(=O)n(C(=O)c2ccccc2)c1=O. The van der Waals surface area contributed by atoms with Crippen molar-refractivity contribution in [2.75, 3.05) is 13.2 Å². The summed E-state index contributed by atoms with van der Waals surface area (Å²) < 4.78 is 11.9. The number of hydrogen-bond acceptors (Lipinski definition) is 7. The summed E-state index contributed by atoms with van der Waals surface area (Å²) in [5.41, 5.74) is -1.35. The maximum Gasteiger partial charge on any atom is 0.338 e. The molecule has 0 N–H and O–H groups in total. The summed E-state index contributed by atoms with van der Waals surface area (Å²) >= 11 is 0. The van der Waals surface area contributed by atoms with Gasteiger partial charge in [0.15, 0.2) is 0 Å². The van der Waals surface area contributed by atoms with E-state index in [4.69, 9.17) is 9.47 Å². The van der Waals surface area contributed by atoms with Crippen LogP contribution in [0.5, 0.6) is 0 Å². The topological polar surface area (TPSA) is 114 Å². The van der Waals surface area contributed by atoms with Crippen molar-refractivity contribution in [2.24, 2.45) is 5.92 Å². The van der Waals surface area contributed by atoms with E-state index in [1.807, 2.05) is 0 Å². The summed E-state index contributed by atoms with van der Waals surface area (Å²) in [6, 6.07) is 8.06. The normalized spacial score (nSPS) is 10.4. The van der Waals surface area contributed by atoms with Crippen LogP contribution in [0.25, 0.3) is 0 Å². The highest BCUT2D eigenvalue weighted by atomic mass is 16.5. The molecule has 0 unspecified atom stereocenters. The number of benzene rings is 1. The molecule has 0 spiro atoms. The molecule has 0 aliphatic rings. The molecule has 1 aromatic heterocycles. The zero-order valence-electron chi connectivity index (χ0n) is 21.0. The van der Waals surface area contributed by atoms with Gasteiger partial charge in [-0.2, -0.15) is 4.57 Å². The summed E-state index contributed by atoms with van der Waals surface area (Å²) in [5.74, 6) is 3.67. The van der Waals surface area contributed by atoms with Gasteiger partial charge >= 0.3 is 17.6 Å². The first-order valence-electron chi connectivity index (χ1n) is 12.0. The van der Waals surface area contributed by atoms with Crippen molar-refractivity contribution >= 4 is 17.8 Å². The third-order valence-electron chi connectivity index (χ3n) is 5.33. The fraction of sp³-hybridized carbons (Fsp3) is 0.444. The van der Waals surface area contributed by atoms with E-state index in [0.717, 1.165) is 19.3 Å². The van der Waals surface area contributed by atoms with Gasteiger partial charge in [-0.15, -0.1) is 0 Å². The molecule has 9 heteroatoms. The lowest BCUT2D eigenvalue weighted by Crippen LogP contribution is -2.45. The van der Waals surface area contributed by atoms with Crippen LogP contribution in [-0.4, -0.2) is 40.2 Å². The minimum atomic E-state index is -0.802. The number of unbranched alkanes of at least 4 members (excludes halogenated alkanes) is 3. The van der Waals surface area contributed by atoms with Crippen LogP contribution in [0.4, 0.5) is 0 Å². The largest absolute Gasteiger partial charge is 0.465 e. The Hall–Kier alpha value is -3.93. The molecule has 0 radical (unpaired) electrons. The van der Waals surface area contributed by atoms with Crippen LogP contribution in [0, 0.1) is 17.8 Å². The van der Waals surface area contributed by atoms with Gasteiger partial charge < -0.3 is 9.47 Å². The zero-order chi connectivity index (χ0) is 26.5. The second-order valence-electron chi connectivity index (χ2n) is 8.35. The Bertz CT molecular complexity index is 1210. The number of carbonyl (C=O) groups is 3. The Morgan fingerprint density at radius 1 is 0.972 bits per heavy atom. The van der Waals surface area contributed by atoms with Crippen LogP contribution < -0.4 is 11.2 Å². The standard InChI is InChI=1S/C27H32N2O7/c1-4-5-6-7-9-14-24-17-28(16-15-22(18-35-20(2)30)19-36-21(3)31)27(34)29(26(24)33)25(32)23-12-10-8-11-13-23/h8,10-13,17,22H,4-7,15-16,18-19H2,1-3H3. The number of carbonyl (C=O) groups excluding carboxylic acids is 3. The third-order valence-corrected chi connectivity index (χ3v) is 5.33. The number of hydrogen-bond donors (Lipinski definition) is 0. The summed E-state index contributed by atoms with van der Waals surface area (Å²) in [6.45, 7) is 4.67. The average molecular weight is 497 g/mol. The molecule has 36 heavy (non-hydrogen) atoms. The van der Waals surface area contributed by atoms with E-state index in [1.54, 1.807) is 18.2 Å². The first-order valence-corrected chi connectivity index (χ1v) is 12.0. The van der Waals surface area contributed by atoms with E-state index in [-0.39, 0.29) is 37.3 Å². The molecule has 2 aromatic rings. The van der Waals surface area contributed by atoms with Crippen molar-refractivity contribution in [1.29, 1.82) is 0 Å². The lowest BCUT2D eigenvalue weighted by molar-refractivity contribution is -0.146. The van der Waals surface area contributed by atoms with Gasteiger partial charge in [0.25, 0.3) is 11.5 Å². The van der Waals surface area contributed by atoms with Crippen molar-refractivity contribution in [1.82, 2.24) is 9.13 Å². The summed E-state index contributed by atoms with van der Waals surface area (Å²) in [4.78, 5) is 61.9. The first kappa shape index (κ1) is 28.3. The first-order chi connectivity index (χ1) is 17.2.